The molecule has 0 spiro atoms. The third-order valence-corrected chi connectivity index (χ3v) is 2.00. The van der Waals surface area contributed by atoms with Crippen molar-refractivity contribution in [2.75, 3.05) is 0 Å². The fourth-order valence-corrected chi connectivity index (χ4v) is 1.24. The number of hydrogen-bond acceptors (Lipinski definition) is 4. The summed E-state index contributed by atoms with van der Waals surface area (Å²) in [5.41, 5.74) is 10.6. The molecule has 15 heavy (non-hydrogen) atoms. The normalized spacial score (nSPS) is 13.1. The molecule has 0 saturated carbocycles. The monoisotopic (exact) mass is 211 g/mol. The number of nitrogens with zero attached hydrogens (tertiary/aromatic N) is 3. The lowest BCUT2D eigenvalue weighted by molar-refractivity contribution is -0.119. The average molecular weight is 211 g/mol. The smallest absolute Gasteiger partial charge is 0.234 e. The molecule has 1 unspecified atom stereocenters. The van der Waals surface area contributed by atoms with E-state index in [-0.39, 0.29) is 0 Å². The van der Waals surface area contributed by atoms with Crippen LogP contribution >= 0.6 is 0 Å². The molecule has 0 aliphatic carbocycles. The summed E-state index contributed by atoms with van der Waals surface area (Å²) in [5, 5.41) is 4.07. The van der Waals surface area contributed by atoms with Crippen LogP contribution in [0.3, 0.4) is 0 Å². The van der Waals surface area contributed by atoms with Gasteiger partial charge in [-0.3, -0.25) is 4.79 Å². The number of primary amides is 1. The van der Waals surface area contributed by atoms with Crippen molar-refractivity contribution in [1.82, 2.24) is 14.8 Å². The molecule has 0 bridgehead atoms. The summed E-state index contributed by atoms with van der Waals surface area (Å²) >= 11 is 0. The van der Waals surface area contributed by atoms with Crippen molar-refractivity contribution in [2.45, 2.75) is 32.9 Å². The average Bonchev–Trinajstić information content (AvgIpc) is 2.51. The molecule has 1 heterocycles. The second kappa shape index (κ2) is 4.88. The number of hydrogen-bond donors (Lipinski definition) is 2. The van der Waals surface area contributed by atoms with Gasteiger partial charge in [-0.2, -0.15) is 5.10 Å². The predicted octanol–water partition coefficient (Wildman–Crippen LogP) is -0.711. The maximum Gasteiger partial charge on any atom is 0.234 e. The minimum absolute atomic E-state index is 0.335. The molecule has 0 radical (unpaired) electrons. The second-order valence-electron chi connectivity index (χ2n) is 3.97. The molecule has 1 rings (SSSR count). The van der Waals surface area contributed by atoms with Crippen LogP contribution in [0.1, 0.15) is 19.7 Å². The minimum atomic E-state index is -0.694. The lowest BCUT2D eigenvalue weighted by atomic mass is 10.2. The molecular formula is C9H17N5O. The van der Waals surface area contributed by atoms with E-state index in [0.717, 1.165) is 6.54 Å². The van der Waals surface area contributed by atoms with Crippen LogP contribution < -0.4 is 11.5 Å². The van der Waals surface area contributed by atoms with Gasteiger partial charge in [0.05, 0.1) is 6.04 Å². The third-order valence-electron chi connectivity index (χ3n) is 2.00. The molecule has 6 nitrogen and oxygen atoms in total. The van der Waals surface area contributed by atoms with E-state index in [1.54, 1.807) is 4.68 Å². The molecule has 0 aliphatic heterocycles. The Morgan fingerprint density at radius 3 is 2.80 bits per heavy atom. The Hall–Kier alpha value is -1.43. The van der Waals surface area contributed by atoms with E-state index in [9.17, 15) is 4.79 Å². The van der Waals surface area contributed by atoms with Crippen molar-refractivity contribution in [3.8, 4) is 0 Å². The fourth-order valence-electron chi connectivity index (χ4n) is 1.24. The number of aromatic nitrogens is 3. The standard InChI is InChI=1S/C9H17N5O/c1-6(2)4-14-8(12-5-13-14)3-7(10)9(11)15/h5-7H,3-4,10H2,1-2H3,(H2,11,15). The van der Waals surface area contributed by atoms with E-state index in [4.69, 9.17) is 11.5 Å². The molecular weight excluding hydrogens is 194 g/mol. The number of carbonyl (C=O) groups is 1. The topological polar surface area (TPSA) is 99.8 Å². The van der Waals surface area contributed by atoms with Gasteiger partial charge in [0, 0.05) is 13.0 Å². The van der Waals surface area contributed by atoms with Gasteiger partial charge in [0.25, 0.3) is 0 Å². The zero-order valence-electron chi connectivity index (χ0n) is 9.05. The Bertz CT molecular complexity index is 333. The lowest BCUT2D eigenvalue weighted by Crippen LogP contribution is -2.39. The summed E-state index contributed by atoms with van der Waals surface area (Å²) in [7, 11) is 0. The van der Waals surface area contributed by atoms with Crippen molar-refractivity contribution in [1.29, 1.82) is 0 Å². The van der Waals surface area contributed by atoms with E-state index in [1.807, 2.05) is 0 Å². The van der Waals surface area contributed by atoms with E-state index >= 15 is 0 Å². The van der Waals surface area contributed by atoms with Crippen LogP contribution in [0.5, 0.6) is 0 Å². The van der Waals surface area contributed by atoms with Crippen molar-refractivity contribution in [2.24, 2.45) is 17.4 Å². The molecule has 0 aliphatic rings. The maximum atomic E-state index is 10.8. The van der Waals surface area contributed by atoms with Crippen LogP contribution in [0.25, 0.3) is 0 Å². The highest BCUT2D eigenvalue weighted by molar-refractivity contribution is 5.79. The first-order valence-corrected chi connectivity index (χ1v) is 4.92. The van der Waals surface area contributed by atoms with Gasteiger partial charge >= 0.3 is 0 Å². The first-order chi connectivity index (χ1) is 7.00. The van der Waals surface area contributed by atoms with Crippen LogP contribution in [-0.4, -0.2) is 26.7 Å². The maximum absolute atomic E-state index is 10.8. The van der Waals surface area contributed by atoms with Gasteiger partial charge in [-0.05, 0) is 5.92 Å². The zero-order valence-corrected chi connectivity index (χ0v) is 9.05. The molecule has 4 N–H and O–H groups in total. The Morgan fingerprint density at radius 2 is 2.27 bits per heavy atom. The molecule has 0 aromatic carbocycles. The molecule has 84 valence electrons. The lowest BCUT2D eigenvalue weighted by Gasteiger charge is -2.10. The first-order valence-electron chi connectivity index (χ1n) is 4.92. The Morgan fingerprint density at radius 1 is 1.60 bits per heavy atom. The minimum Gasteiger partial charge on any atom is -0.368 e. The zero-order chi connectivity index (χ0) is 11.4. The van der Waals surface area contributed by atoms with Crippen LogP contribution in [0.2, 0.25) is 0 Å². The highest BCUT2D eigenvalue weighted by atomic mass is 16.1. The fraction of sp³-hybridized carbons (Fsp3) is 0.667. The van der Waals surface area contributed by atoms with Crippen LogP contribution in [0.15, 0.2) is 6.33 Å². The molecule has 1 atom stereocenters. The van der Waals surface area contributed by atoms with Crippen molar-refractivity contribution >= 4 is 5.91 Å². The van der Waals surface area contributed by atoms with Crippen LogP contribution in [0.4, 0.5) is 0 Å². The van der Waals surface area contributed by atoms with Crippen molar-refractivity contribution < 1.29 is 4.79 Å². The predicted molar refractivity (Wildman–Crippen MR) is 55.7 cm³/mol. The first kappa shape index (κ1) is 11.6. The van der Waals surface area contributed by atoms with Gasteiger partial charge in [-0.15, -0.1) is 0 Å². The van der Waals surface area contributed by atoms with Crippen LogP contribution in [0, 0.1) is 5.92 Å². The van der Waals surface area contributed by atoms with Gasteiger partial charge in [-0.1, -0.05) is 13.8 Å². The van der Waals surface area contributed by atoms with E-state index in [1.165, 1.54) is 6.33 Å². The Balaban J connectivity index is 2.68. The molecule has 0 saturated heterocycles. The highest BCUT2D eigenvalue weighted by Gasteiger charge is 2.14. The highest BCUT2D eigenvalue weighted by Crippen LogP contribution is 2.03. The summed E-state index contributed by atoms with van der Waals surface area (Å²) in [4.78, 5) is 14.9. The van der Waals surface area contributed by atoms with Crippen LogP contribution in [-0.2, 0) is 17.8 Å². The summed E-state index contributed by atoms with van der Waals surface area (Å²) in [5.74, 6) is 0.652. The number of rotatable bonds is 5. The number of nitrogens with two attached hydrogens (primary N) is 2. The quantitative estimate of drug-likeness (QED) is 0.671. The van der Waals surface area contributed by atoms with Gasteiger partial charge in [0.15, 0.2) is 0 Å². The van der Waals surface area contributed by atoms with Crippen molar-refractivity contribution in [3.05, 3.63) is 12.2 Å². The molecule has 1 amide bonds. The summed E-state index contributed by atoms with van der Waals surface area (Å²) in [6.07, 6.45) is 1.80. The largest absolute Gasteiger partial charge is 0.368 e. The van der Waals surface area contributed by atoms with Gasteiger partial charge in [-0.25, -0.2) is 9.67 Å². The second-order valence-corrected chi connectivity index (χ2v) is 3.97. The van der Waals surface area contributed by atoms with Gasteiger partial charge < -0.3 is 11.5 Å². The van der Waals surface area contributed by atoms with E-state index in [0.29, 0.717) is 18.2 Å². The number of amides is 1. The summed E-state index contributed by atoms with van der Waals surface area (Å²) < 4.78 is 1.76. The summed E-state index contributed by atoms with van der Waals surface area (Å²) in [6.45, 7) is 4.93. The molecule has 0 fully saturated rings. The molecule has 1 aromatic heterocycles. The van der Waals surface area contributed by atoms with Crippen molar-refractivity contribution in [3.63, 3.8) is 0 Å². The van der Waals surface area contributed by atoms with Gasteiger partial charge in [0.2, 0.25) is 5.91 Å². The van der Waals surface area contributed by atoms with Gasteiger partial charge in [0.1, 0.15) is 12.2 Å². The Kier molecular flexibility index (Phi) is 3.79. The summed E-state index contributed by atoms with van der Waals surface area (Å²) in [6, 6.07) is -0.694. The van der Waals surface area contributed by atoms with E-state index in [2.05, 4.69) is 23.9 Å². The van der Waals surface area contributed by atoms with E-state index < -0.39 is 11.9 Å². The molecule has 6 heteroatoms. The number of carbonyl (C=O) groups excluding carboxylic acids is 1. The Labute approximate surface area is 88.7 Å². The molecule has 1 aromatic rings. The SMILES string of the molecule is CC(C)Cn1ncnc1CC(N)C(N)=O. The third kappa shape index (κ3) is 3.32.